The number of hydrogen-bond donors (Lipinski definition) is 3. The van der Waals surface area contributed by atoms with Crippen LogP contribution in [0.15, 0.2) is 46.1 Å². The Kier molecular flexibility index (Phi) is 7.54. The van der Waals surface area contributed by atoms with Crippen LogP contribution in [0.25, 0.3) is 0 Å². The summed E-state index contributed by atoms with van der Waals surface area (Å²) in [4.78, 5) is 6.90. The molecule has 0 aliphatic carbocycles. The lowest BCUT2D eigenvalue weighted by Crippen LogP contribution is -2.48. The first-order chi connectivity index (χ1) is 13.2. The Balaban J connectivity index is 1.32. The molecule has 1 aliphatic heterocycles. The molecule has 146 valence electrons. The summed E-state index contributed by atoms with van der Waals surface area (Å²) in [6, 6.07) is 10.2. The number of piperidine rings is 1. The highest BCUT2D eigenvalue weighted by Crippen LogP contribution is 2.15. The zero-order valence-corrected chi connectivity index (χ0v) is 16.8. The number of nitrogens with zero attached hydrogens (tertiary/aromatic N) is 2. The number of aryl methyl sites for hydroxylation is 1. The summed E-state index contributed by atoms with van der Waals surface area (Å²) >= 11 is 1.77. The predicted octanol–water partition coefficient (Wildman–Crippen LogP) is 3.22. The van der Waals surface area contributed by atoms with E-state index >= 15 is 0 Å². The Morgan fingerprint density at radius 1 is 1.19 bits per heavy atom. The molecule has 3 N–H and O–H groups in total. The average molecular weight is 387 g/mol. The van der Waals surface area contributed by atoms with E-state index in [1.807, 2.05) is 19.2 Å². The van der Waals surface area contributed by atoms with Crippen LogP contribution in [0.4, 0.5) is 0 Å². The molecule has 1 aromatic carbocycles. The first-order valence-electron chi connectivity index (χ1n) is 9.71. The number of nitrogens with one attached hydrogen (secondary N) is 2. The summed E-state index contributed by atoms with van der Waals surface area (Å²) in [6.45, 7) is 4.22. The number of phenols is 1. The third-order valence-corrected chi connectivity index (χ3v) is 5.74. The Labute approximate surface area is 166 Å². The lowest BCUT2D eigenvalue weighted by atomic mass is 10.0. The van der Waals surface area contributed by atoms with E-state index < -0.39 is 0 Å². The van der Waals surface area contributed by atoms with Crippen molar-refractivity contribution in [1.29, 1.82) is 0 Å². The molecule has 0 atom stereocenters. The smallest absolute Gasteiger partial charge is 0.191 e. The fourth-order valence-electron chi connectivity index (χ4n) is 3.43. The van der Waals surface area contributed by atoms with Gasteiger partial charge in [0.25, 0.3) is 0 Å². The van der Waals surface area contributed by atoms with Gasteiger partial charge in [0.1, 0.15) is 5.75 Å². The third kappa shape index (κ3) is 6.56. The minimum Gasteiger partial charge on any atom is -0.508 e. The molecule has 27 heavy (non-hydrogen) atoms. The highest BCUT2D eigenvalue weighted by molar-refractivity contribution is 7.07. The number of rotatable bonds is 7. The summed E-state index contributed by atoms with van der Waals surface area (Å²) < 4.78 is 0. The summed E-state index contributed by atoms with van der Waals surface area (Å²) in [6.07, 6.45) is 4.33. The van der Waals surface area contributed by atoms with Gasteiger partial charge in [0.2, 0.25) is 0 Å². The molecule has 0 radical (unpaired) electrons. The summed E-state index contributed by atoms with van der Waals surface area (Å²) in [5, 5.41) is 20.7. The second-order valence-corrected chi connectivity index (χ2v) is 7.88. The van der Waals surface area contributed by atoms with Crippen LogP contribution < -0.4 is 10.6 Å². The minimum atomic E-state index is 0.322. The van der Waals surface area contributed by atoms with Gasteiger partial charge in [0.15, 0.2) is 5.96 Å². The Hall–Kier alpha value is -2.05. The SMILES string of the molecule is CN=C(NCCCc1ccc(O)cc1)NC1CCN(Cc2ccsc2)CC1. The van der Waals surface area contributed by atoms with Crippen LogP contribution in [0.2, 0.25) is 0 Å². The van der Waals surface area contributed by atoms with E-state index in [1.54, 1.807) is 23.5 Å². The molecular formula is C21H30N4OS. The molecule has 1 saturated heterocycles. The van der Waals surface area contributed by atoms with Crippen molar-refractivity contribution in [1.82, 2.24) is 15.5 Å². The van der Waals surface area contributed by atoms with Crippen LogP contribution in [0.5, 0.6) is 5.75 Å². The van der Waals surface area contributed by atoms with Gasteiger partial charge in [-0.05, 0) is 65.8 Å². The molecule has 2 heterocycles. The largest absolute Gasteiger partial charge is 0.508 e. The van der Waals surface area contributed by atoms with Crippen molar-refractivity contribution in [2.75, 3.05) is 26.7 Å². The van der Waals surface area contributed by atoms with Crippen LogP contribution in [0.3, 0.4) is 0 Å². The van der Waals surface area contributed by atoms with Gasteiger partial charge in [0.05, 0.1) is 0 Å². The Morgan fingerprint density at radius 2 is 1.96 bits per heavy atom. The lowest BCUT2D eigenvalue weighted by Gasteiger charge is -2.32. The molecule has 1 aliphatic rings. The van der Waals surface area contributed by atoms with Gasteiger partial charge in [0, 0.05) is 39.3 Å². The minimum absolute atomic E-state index is 0.322. The van der Waals surface area contributed by atoms with E-state index in [4.69, 9.17) is 0 Å². The number of phenolic OH excluding ortho intramolecular Hbond substituents is 1. The van der Waals surface area contributed by atoms with E-state index in [0.717, 1.165) is 57.8 Å². The quantitative estimate of drug-likeness (QED) is 0.388. The fourth-order valence-corrected chi connectivity index (χ4v) is 4.09. The van der Waals surface area contributed by atoms with E-state index in [0.29, 0.717) is 11.8 Å². The van der Waals surface area contributed by atoms with Crippen LogP contribution in [0.1, 0.15) is 30.4 Å². The molecule has 3 rings (SSSR count). The first kappa shape index (κ1) is 19.7. The standard InChI is InChI=1S/C21H30N4OS/c1-22-21(23-11-2-3-17-4-6-20(26)7-5-17)24-19-8-12-25(13-9-19)15-18-10-14-27-16-18/h4-7,10,14,16,19,26H,2-3,8-9,11-13,15H2,1H3,(H2,22,23,24). The maximum atomic E-state index is 9.33. The molecule has 0 unspecified atom stereocenters. The third-order valence-electron chi connectivity index (χ3n) is 5.01. The van der Waals surface area contributed by atoms with Gasteiger partial charge >= 0.3 is 0 Å². The van der Waals surface area contributed by atoms with Crippen molar-refractivity contribution in [3.8, 4) is 5.75 Å². The number of guanidine groups is 1. The zero-order valence-electron chi connectivity index (χ0n) is 16.0. The lowest BCUT2D eigenvalue weighted by molar-refractivity contribution is 0.198. The van der Waals surface area contributed by atoms with Gasteiger partial charge in [-0.1, -0.05) is 12.1 Å². The van der Waals surface area contributed by atoms with Gasteiger partial charge in [-0.3, -0.25) is 9.89 Å². The maximum Gasteiger partial charge on any atom is 0.191 e. The van der Waals surface area contributed by atoms with Crippen molar-refractivity contribution < 1.29 is 5.11 Å². The van der Waals surface area contributed by atoms with E-state index in [9.17, 15) is 5.11 Å². The van der Waals surface area contributed by atoms with Gasteiger partial charge in [-0.2, -0.15) is 11.3 Å². The van der Waals surface area contributed by atoms with E-state index in [2.05, 4.69) is 37.4 Å². The second-order valence-electron chi connectivity index (χ2n) is 7.10. The molecule has 1 fully saturated rings. The van der Waals surface area contributed by atoms with Gasteiger partial charge in [-0.25, -0.2) is 0 Å². The molecule has 6 heteroatoms. The molecular weight excluding hydrogens is 356 g/mol. The topological polar surface area (TPSA) is 59.9 Å². The normalized spacial score (nSPS) is 16.4. The predicted molar refractivity (Wildman–Crippen MR) is 114 cm³/mol. The number of aliphatic imine (C=N–C) groups is 1. The Morgan fingerprint density at radius 3 is 2.63 bits per heavy atom. The fraction of sp³-hybridized carbons (Fsp3) is 0.476. The molecule has 0 bridgehead atoms. The number of likely N-dealkylation sites (tertiary alicyclic amines) is 1. The van der Waals surface area contributed by atoms with Crippen LogP contribution in [-0.4, -0.2) is 48.7 Å². The molecule has 0 amide bonds. The number of thiophene rings is 1. The van der Waals surface area contributed by atoms with Crippen LogP contribution in [-0.2, 0) is 13.0 Å². The van der Waals surface area contributed by atoms with Crippen LogP contribution >= 0.6 is 11.3 Å². The number of benzene rings is 1. The maximum absolute atomic E-state index is 9.33. The molecule has 1 aromatic heterocycles. The highest BCUT2D eigenvalue weighted by Gasteiger charge is 2.20. The molecule has 5 nitrogen and oxygen atoms in total. The Bertz CT molecular complexity index is 691. The number of aromatic hydroxyl groups is 1. The summed E-state index contributed by atoms with van der Waals surface area (Å²) in [5.41, 5.74) is 2.67. The number of hydrogen-bond acceptors (Lipinski definition) is 4. The van der Waals surface area contributed by atoms with Gasteiger partial charge < -0.3 is 15.7 Å². The van der Waals surface area contributed by atoms with Crippen molar-refractivity contribution in [3.05, 3.63) is 52.2 Å². The zero-order chi connectivity index (χ0) is 18.9. The summed E-state index contributed by atoms with van der Waals surface area (Å²) in [5.74, 6) is 1.22. The van der Waals surface area contributed by atoms with Crippen molar-refractivity contribution in [2.24, 2.45) is 4.99 Å². The monoisotopic (exact) mass is 386 g/mol. The first-order valence-corrected chi connectivity index (χ1v) is 10.7. The second kappa shape index (κ2) is 10.3. The van der Waals surface area contributed by atoms with E-state index in [1.165, 1.54) is 11.1 Å². The molecule has 0 saturated carbocycles. The van der Waals surface area contributed by atoms with Crippen LogP contribution in [0, 0.1) is 0 Å². The van der Waals surface area contributed by atoms with E-state index in [-0.39, 0.29) is 0 Å². The van der Waals surface area contributed by atoms with Gasteiger partial charge in [-0.15, -0.1) is 0 Å². The summed E-state index contributed by atoms with van der Waals surface area (Å²) in [7, 11) is 1.83. The average Bonchev–Trinajstić information content (AvgIpc) is 3.20. The van der Waals surface area contributed by atoms with Crippen molar-refractivity contribution >= 4 is 17.3 Å². The highest BCUT2D eigenvalue weighted by atomic mass is 32.1. The van der Waals surface area contributed by atoms with Crippen molar-refractivity contribution in [2.45, 2.75) is 38.3 Å². The molecule has 0 spiro atoms. The van der Waals surface area contributed by atoms with Crippen molar-refractivity contribution in [3.63, 3.8) is 0 Å². The molecule has 2 aromatic rings.